The molecule has 0 N–H and O–H groups in total. The third-order valence-corrected chi connectivity index (χ3v) is 26.5. The van der Waals surface area contributed by atoms with Crippen LogP contribution >= 0.6 is 0 Å². The van der Waals surface area contributed by atoms with Crippen molar-refractivity contribution in [3.8, 4) is 67.0 Å². The summed E-state index contributed by atoms with van der Waals surface area (Å²) < 4.78 is 5.22. The van der Waals surface area contributed by atoms with Crippen molar-refractivity contribution >= 4 is 165 Å². The van der Waals surface area contributed by atoms with E-state index in [2.05, 4.69) is 421 Å². The normalized spacial score (nSPS) is 13.3. The molecule has 4 heterocycles. The van der Waals surface area contributed by atoms with Gasteiger partial charge in [0.15, 0.2) is 0 Å². The first-order valence-electron chi connectivity index (χ1n) is 41.6. The van der Waals surface area contributed by atoms with Gasteiger partial charge in [0, 0.05) is 77.9 Å². The minimum Gasteiger partial charge on any atom is -0.310 e. The fourth-order valence-electron chi connectivity index (χ4n) is 21.0. The molecule has 2 aliphatic heterocycles. The molecule has 0 radical (unpaired) electrons. The second-order valence-electron chi connectivity index (χ2n) is 36.3. The maximum atomic E-state index is 2.79. The molecule has 0 amide bonds. The van der Waals surface area contributed by atoms with Gasteiger partial charge in [-0.1, -0.05) is 329 Å². The van der Waals surface area contributed by atoms with Crippen LogP contribution in [-0.4, -0.2) is 15.8 Å². The maximum Gasteiger partial charge on any atom is 0.252 e. The van der Waals surface area contributed by atoms with E-state index in [0.29, 0.717) is 0 Å². The summed E-state index contributed by atoms with van der Waals surface area (Å²) >= 11 is 0. The predicted octanol–water partition coefficient (Wildman–Crippen LogP) is 28.9. The first-order valence-corrected chi connectivity index (χ1v) is 41.6. The largest absolute Gasteiger partial charge is 0.310 e. The molecule has 20 aromatic carbocycles. The molecule has 22 aromatic rings. The topological polar surface area (TPSA) is 16.3 Å². The first-order chi connectivity index (χ1) is 57.0. The van der Waals surface area contributed by atoms with Crippen LogP contribution in [0.4, 0.5) is 34.1 Å². The lowest BCUT2D eigenvalue weighted by molar-refractivity contribution is 0.590. The molecule has 4 nitrogen and oxygen atoms in total. The van der Waals surface area contributed by atoms with Gasteiger partial charge in [0.05, 0.1) is 33.4 Å². The van der Waals surface area contributed by atoms with Gasteiger partial charge in [-0.15, -0.1) is 0 Å². The van der Waals surface area contributed by atoms with Gasteiger partial charge in [-0.3, -0.25) is 0 Å². The van der Waals surface area contributed by atoms with Gasteiger partial charge in [0.2, 0.25) is 0 Å². The highest BCUT2D eigenvalue weighted by atomic mass is 15.2. The van der Waals surface area contributed by atoms with E-state index in [1.54, 1.807) is 0 Å². The number of anilines is 6. The van der Waals surface area contributed by atoms with Crippen LogP contribution in [0.15, 0.2) is 340 Å². The quantitative estimate of drug-likeness (QED) is 0.0813. The van der Waals surface area contributed by atoms with Crippen LogP contribution in [0.1, 0.15) is 79.0 Å². The zero-order valence-corrected chi connectivity index (χ0v) is 67.2. The van der Waals surface area contributed by atoms with E-state index in [-0.39, 0.29) is 23.0 Å². The fourth-order valence-corrected chi connectivity index (χ4v) is 21.0. The Kier molecular flexibility index (Phi) is 14.1. The Morgan fingerprint density at radius 1 is 0.222 bits per heavy atom. The second kappa shape index (κ2) is 24.4. The third-order valence-electron chi connectivity index (χ3n) is 26.5. The number of hydrogen-bond donors (Lipinski definition) is 0. The molecule has 0 saturated heterocycles. The van der Waals surface area contributed by atoms with E-state index in [0.717, 1.165) is 101 Å². The van der Waals surface area contributed by atoms with Gasteiger partial charge in [0.1, 0.15) is 0 Å². The van der Waals surface area contributed by atoms with E-state index < -0.39 is 0 Å². The minimum absolute atomic E-state index is 0.156. The SMILES string of the molecule is CC(C)(C)c1cccc(-c2cc(-c3ccccc3)cc(-c3cccc(C(C)(C)C)c3)c2N2c3cc(-n4c5ccc6cccc7c8cccc9ccc4c(c98)c5c67)ccc3B3c4ccc(-n5c6ccc7cccc8c9cccc%10ccc5c(c%109)c6c78)cc4N(c4c(-c5ccccc5)cccc4-c4ccccc4)c4cc(C(C)(C)C)cc2c43)c1. The Hall–Kier alpha value is -13.7. The van der Waals surface area contributed by atoms with E-state index >= 15 is 0 Å². The number of hydrogen-bond acceptors (Lipinski definition) is 2. The van der Waals surface area contributed by atoms with Crippen LogP contribution < -0.4 is 26.2 Å². The lowest BCUT2D eigenvalue weighted by Crippen LogP contribution is -2.61. The van der Waals surface area contributed by atoms with E-state index in [4.69, 9.17) is 0 Å². The number of benzene rings is 20. The van der Waals surface area contributed by atoms with Crippen molar-refractivity contribution in [2.75, 3.05) is 9.80 Å². The molecule has 117 heavy (non-hydrogen) atoms. The Bertz CT molecular complexity index is 7530. The van der Waals surface area contributed by atoms with Gasteiger partial charge in [-0.2, -0.15) is 0 Å². The van der Waals surface area contributed by atoms with Crippen LogP contribution in [-0.2, 0) is 16.2 Å². The molecule has 0 unspecified atom stereocenters. The van der Waals surface area contributed by atoms with Crippen molar-refractivity contribution < 1.29 is 0 Å². The molecule has 554 valence electrons. The number of aromatic nitrogens is 2. The lowest BCUT2D eigenvalue weighted by atomic mass is 9.33. The van der Waals surface area contributed by atoms with Gasteiger partial charge in [-0.25, -0.2) is 0 Å². The van der Waals surface area contributed by atoms with Crippen molar-refractivity contribution in [1.82, 2.24) is 9.13 Å². The van der Waals surface area contributed by atoms with E-state index in [1.807, 2.05) is 0 Å². The highest BCUT2D eigenvalue weighted by Crippen LogP contribution is 2.58. The molecule has 0 spiro atoms. The Balaban J connectivity index is 0.878. The summed E-state index contributed by atoms with van der Waals surface area (Å²) in [5.74, 6) is 0. The molecule has 0 atom stereocenters. The molecule has 0 fully saturated rings. The number of nitrogens with zero attached hydrogens (tertiary/aromatic N) is 4. The highest BCUT2D eigenvalue weighted by Gasteiger charge is 2.47. The third kappa shape index (κ3) is 9.78. The van der Waals surface area contributed by atoms with Crippen molar-refractivity contribution in [2.45, 2.75) is 78.6 Å². The predicted molar refractivity (Wildman–Crippen MR) is 502 cm³/mol. The second-order valence-corrected chi connectivity index (χ2v) is 36.3. The number of rotatable bonds is 9. The summed E-state index contributed by atoms with van der Waals surface area (Å²) in [5, 5.41) is 20.8. The lowest BCUT2D eigenvalue weighted by Gasteiger charge is -2.46. The molecule has 2 aromatic heterocycles. The molecule has 0 saturated carbocycles. The smallest absolute Gasteiger partial charge is 0.252 e. The van der Waals surface area contributed by atoms with Crippen LogP contribution in [0.3, 0.4) is 0 Å². The molecule has 5 heteroatoms. The van der Waals surface area contributed by atoms with Gasteiger partial charge in [-0.05, 0) is 220 Å². The fraction of sp³-hybridized carbons (Fsp3) is 0.107. The number of fused-ring (bicyclic) bond motifs is 6. The van der Waals surface area contributed by atoms with Crippen LogP contribution in [0.5, 0.6) is 0 Å². The summed E-state index contributed by atoms with van der Waals surface area (Å²) in [6.45, 7) is 21.1. The zero-order chi connectivity index (χ0) is 78.4. The average molecular weight is 1500 g/mol. The highest BCUT2D eigenvalue weighted by molar-refractivity contribution is 7.00. The van der Waals surface area contributed by atoms with Gasteiger partial charge < -0.3 is 18.9 Å². The monoisotopic (exact) mass is 1490 g/mol. The van der Waals surface area contributed by atoms with Crippen molar-refractivity contribution in [1.29, 1.82) is 0 Å². The van der Waals surface area contributed by atoms with Gasteiger partial charge in [0.25, 0.3) is 6.71 Å². The molecule has 0 aliphatic carbocycles. The molecule has 2 aliphatic rings. The molecular formula is C112H83BN4. The zero-order valence-electron chi connectivity index (χ0n) is 67.2. The number of para-hydroxylation sites is 1. The van der Waals surface area contributed by atoms with Crippen LogP contribution in [0.2, 0.25) is 0 Å². The average Bonchev–Trinajstić information content (AvgIpc) is 1.65. The van der Waals surface area contributed by atoms with Crippen molar-refractivity contribution in [2.24, 2.45) is 0 Å². The molecular weight excluding hydrogens is 1410 g/mol. The molecule has 0 bridgehead atoms. The Morgan fingerprint density at radius 3 is 0.923 bits per heavy atom. The standard InChI is InChI=1S/C112H83BN4/c1-110(2,3)76-38-19-36-73(58-76)87-60-75(66-26-13-10-14-27-66)61-88(74-37-20-39-77(59-74)111(4,5)6)109(87)117-96-65-80(115-93-56-48-71-34-23-44-85-86-45-24-35-72-49-57-94(115)106(102(72)86)105(93)101(71)85)51-53-90(96)113-89-52-50-79(114-91-54-46-69-32-21-42-83-84-43-22-33-70-47-55-92(114)104(100(70)84)103(91)99(69)83)64-95(89)116(97-62-78(112(7,8)9)63-98(117)107(97)113)108-81(67-28-15-11-16-29-67)40-25-41-82(108)68-30-17-12-18-31-68/h10-65H,1-9H3. The van der Waals surface area contributed by atoms with E-state index in [9.17, 15) is 0 Å². The van der Waals surface area contributed by atoms with Crippen molar-refractivity contribution in [3.63, 3.8) is 0 Å². The minimum atomic E-state index is -0.369. The van der Waals surface area contributed by atoms with Crippen LogP contribution in [0, 0.1) is 0 Å². The first kappa shape index (κ1) is 67.7. The Labute approximate surface area is 681 Å². The Morgan fingerprint density at radius 2 is 0.556 bits per heavy atom. The van der Waals surface area contributed by atoms with E-state index in [1.165, 1.54) is 141 Å². The summed E-state index contributed by atoms with van der Waals surface area (Å²) in [6.07, 6.45) is 0. The maximum absolute atomic E-state index is 2.79. The molecule has 24 rings (SSSR count). The van der Waals surface area contributed by atoms with Gasteiger partial charge >= 0.3 is 0 Å². The summed E-state index contributed by atoms with van der Waals surface area (Å²) in [4.78, 5) is 5.54. The summed E-state index contributed by atoms with van der Waals surface area (Å²) in [7, 11) is 0. The summed E-state index contributed by atoms with van der Waals surface area (Å²) in [5.41, 5.74) is 32.2. The van der Waals surface area contributed by atoms with Crippen molar-refractivity contribution in [3.05, 3.63) is 356 Å². The summed E-state index contributed by atoms with van der Waals surface area (Å²) in [6, 6.07) is 132. The van der Waals surface area contributed by atoms with Crippen LogP contribution in [0.25, 0.3) is 175 Å².